The van der Waals surface area contributed by atoms with Crippen molar-refractivity contribution in [3.8, 4) is 21.8 Å². The quantitative estimate of drug-likeness (QED) is 0.242. The van der Waals surface area contributed by atoms with Crippen LogP contribution >= 0.6 is 11.3 Å². The Hall–Kier alpha value is -4.21. The Bertz CT molecular complexity index is 1650. The third-order valence-electron chi connectivity index (χ3n) is 6.42. The average molecular weight is 507 g/mol. The third-order valence-corrected chi connectivity index (χ3v) is 7.43. The van der Waals surface area contributed by atoms with Gasteiger partial charge in [0.15, 0.2) is 0 Å². The molecule has 6 heterocycles. The van der Waals surface area contributed by atoms with E-state index in [1.165, 1.54) is 4.88 Å². The Kier molecular flexibility index (Phi) is 6.07. The van der Waals surface area contributed by atoms with Gasteiger partial charge in [-0.3, -0.25) is 25.0 Å². The number of aryl methyl sites for hydroxylation is 1. The number of nitrogens with zero attached hydrogens (tertiary/aromatic N) is 5. The van der Waals surface area contributed by atoms with Gasteiger partial charge in [-0.2, -0.15) is 5.10 Å². The van der Waals surface area contributed by atoms with Crippen molar-refractivity contribution in [3.05, 3.63) is 82.9 Å². The molecule has 0 fully saturated rings. The predicted octanol–water partition coefficient (Wildman–Crippen LogP) is 5.77. The molecule has 0 saturated carbocycles. The second-order valence-corrected chi connectivity index (χ2v) is 10.2. The normalized spacial score (nSPS) is 14.8. The van der Waals surface area contributed by atoms with E-state index in [0.717, 1.165) is 74.0 Å². The zero-order valence-electron chi connectivity index (χ0n) is 20.6. The number of aromatic nitrogens is 5. The van der Waals surface area contributed by atoms with Gasteiger partial charge in [0.25, 0.3) is 0 Å². The van der Waals surface area contributed by atoms with Crippen LogP contribution in [0.3, 0.4) is 0 Å². The van der Waals surface area contributed by atoms with E-state index >= 15 is 0 Å². The van der Waals surface area contributed by atoms with Crippen LogP contribution in [0.1, 0.15) is 34.7 Å². The first-order chi connectivity index (χ1) is 18.1. The van der Waals surface area contributed by atoms with E-state index < -0.39 is 0 Å². The highest BCUT2D eigenvalue weighted by Gasteiger charge is 2.26. The molecular weight excluding hydrogens is 480 g/mol. The van der Waals surface area contributed by atoms with Crippen LogP contribution < -0.4 is 10.6 Å². The second kappa shape index (κ2) is 9.68. The molecule has 0 radical (unpaired) electrons. The molecule has 0 saturated heterocycles. The lowest BCUT2D eigenvalue weighted by Crippen LogP contribution is -2.13. The summed E-state index contributed by atoms with van der Waals surface area (Å²) in [7, 11) is 0. The summed E-state index contributed by atoms with van der Waals surface area (Å²) in [5.74, 6) is 0. The van der Waals surface area contributed by atoms with E-state index in [4.69, 9.17) is 4.98 Å². The number of hydrogen-bond donors (Lipinski definition) is 3. The van der Waals surface area contributed by atoms with Crippen LogP contribution in [0.25, 0.3) is 38.4 Å². The molecule has 1 atom stereocenters. The molecule has 0 bridgehead atoms. The first-order valence-corrected chi connectivity index (χ1v) is 13.0. The minimum absolute atomic E-state index is 0.252. The first-order valence-electron chi connectivity index (χ1n) is 12.1. The number of hydrogen-bond acceptors (Lipinski definition) is 8. The smallest absolute Gasteiger partial charge is 0.116 e. The number of rotatable bonds is 7. The molecule has 184 valence electrons. The summed E-state index contributed by atoms with van der Waals surface area (Å²) in [5.41, 5.74) is 8.36. The summed E-state index contributed by atoms with van der Waals surface area (Å²) in [6.07, 6.45) is 9.44. The van der Waals surface area contributed by atoms with Crippen LogP contribution in [0.5, 0.6) is 0 Å². The Morgan fingerprint density at radius 3 is 2.84 bits per heavy atom. The van der Waals surface area contributed by atoms with Gasteiger partial charge < -0.3 is 10.6 Å². The summed E-state index contributed by atoms with van der Waals surface area (Å²) < 4.78 is 0. The molecule has 0 spiro atoms. The minimum atomic E-state index is -0.252. The highest BCUT2D eigenvalue weighted by Crippen LogP contribution is 2.43. The van der Waals surface area contributed by atoms with Gasteiger partial charge in [0.1, 0.15) is 5.69 Å². The lowest BCUT2D eigenvalue weighted by Gasteiger charge is -2.24. The highest BCUT2D eigenvalue weighted by atomic mass is 32.1. The van der Waals surface area contributed by atoms with Gasteiger partial charge in [0, 0.05) is 52.2 Å². The molecular formula is C28H26N8S. The van der Waals surface area contributed by atoms with Crippen LogP contribution in [0.4, 0.5) is 5.69 Å². The summed E-state index contributed by atoms with van der Waals surface area (Å²) in [6.45, 7) is 9.75. The Morgan fingerprint density at radius 1 is 1.11 bits per heavy atom. The molecule has 0 amide bonds. The van der Waals surface area contributed by atoms with Crippen molar-refractivity contribution >= 4 is 40.3 Å². The monoisotopic (exact) mass is 506 g/mol. The number of anilines is 1. The minimum Gasteiger partial charge on any atom is -0.353 e. The lowest BCUT2D eigenvalue weighted by atomic mass is 9.96. The zero-order valence-corrected chi connectivity index (χ0v) is 21.4. The van der Waals surface area contributed by atoms with Crippen LogP contribution in [-0.2, 0) is 6.54 Å². The van der Waals surface area contributed by atoms with Gasteiger partial charge in [-0.1, -0.05) is 6.92 Å². The van der Waals surface area contributed by atoms with E-state index in [2.05, 4.69) is 86.7 Å². The number of aromatic amines is 1. The molecule has 8 nitrogen and oxygen atoms in total. The van der Waals surface area contributed by atoms with E-state index in [1.54, 1.807) is 11.3 Å². The number of H-pyrrole nitrogens is 1. The topological polar surface area (TPSA) is 104 Å². The average Bonchev–Trinajstić information content (AvgIpc) is 3.57. The standard InChI is InChI=1S/C28H26N8S/c1-4-30-12-17-9-18(14-31-13-17)21-10-19-24(15-33-21)35-36-27(19)23-11-22(29-3)26-20(34-23)7-8-32-28(26)25-6-5-16(2)37-25/h5-11,13-15,22,30,34H,3-4,12H2,1-2H3,(H,35,36). The molecule has 1 aliphatic rings. The molecule has 5 aromatic heterocycles. The molecule has 5 aromatic rings. The van der Waals surface area contributed by atoms with E-state index in [0.29, 0.717) is 0 Å². The highest BCUT2D eigenvalue weighted by molar-refractivity contribution is 7.15. The van der Waals surface area contributed by atoms with Gasteiger partial charge >= 0.3 is 0 Å². The lowest BCUT2D eigenvalue weighted by molar-refractivity contribution is 0.724. The van der Waals surface area contributed by atoms with Crippen LogP contribution in [-0.4, -0.2) is 38.4 Å². The molecule has 6 rings (SSSR count). The van der Waals surface area contributed by atoms with Gasteiger partial charge in [-0.15, -0.1) is 11.3 Å². The van der Waals surface area contributed by atoms with Gasteiger partial charge in [-0.05, 0) is 62.2 Å². The first kappa shape index (κ1) is 23.2. The Morgan fingerprint density at radius 2 is 2.03 bits per heavy atom. The fourth-order valence-corrected chi connectivity index (χ4v) is 5.50. The largest absolute Gasteiger partial charge is 0.353 e. The molecule has 0 aromatic carbocycles. The molecule has 37 heavy (non-hydrogen) atoms. The molecule has 0 aliphatic carbocycles. The van der Waals surface area contributed by atoms with Gasteiger partial charge in [0.05, 0.1) is 39.7 Å². The molecule has 1 aliphatic heterocycles. The van der Waals surface area contributed by atoms with E-state index in [-0.39, 0.29) is 6.04 Å². The third kappa shape index (κ3) is 4.32. The maximum absolute atomic E-state index is 4.70. The summed E-state index contributed by atoms with van der Waals surface area (Å²) in [6, 6.07) is 10.1. The van der Waals surface area contributed by atoms with Crippen molar-refractivity contribution in [2.24, 2.45) is 4.99 Å². The van der Waals surface area contributed by atoms with Crippen LogP contribution in [0.15, 0.2) is 66.2 Å². The zero-order chi connectivity index (χ0) is 25.4. The molecule has 1 unspecified atom stereocenters. The molecule has 9 heteroatoms. The van der Waals surface area contributed by atoms with Gasteiger partial charge in [0.2, 0.25) is 0 Å². The van der Waals surface area contributed by atoms with E-state index in [1.807, 2.05) is 30.9 Å². The van der Waals surface area contributed by atoms with Gasteiger partial charge in [-0.25, -0.2) is 0 Å². The fraction of sp³-hybridized carbons (Fsp3) is 0.179. The number of nitrogens with one attached hydrogen (secondary N) is 3. The fourth-order valence-electron chi connectivity index (χ4n) is 4.62. The number of aliphatic imine (C=N–C) groups is 1. The van der Waals surface area contributed by atoms with Crippen molar-refractivity contribution < 1.29 is 0 Å². The maximum Gasteiger partial charge on any atom is 0.116 e. The Balaban J connectivity index is 1.40. The number of pyridine rings is 3. The maximum atomic E-state index is 4.70. The van der Waals surface area contributed by atoms with Crippen molar-refractivity contribution in [3.63, 3.8) is 0 Å². The molecule has 3 N–H and O–H groups in total. The van der Waals surface area contributed by atoms with Crippen molar-refractivity contribution in [2.45, 2.75) is 26.4 Å². The van der Waals surface area contributed by atoms with Crippen molar-refractivity contribution in [1.29, 1.82) is 0 Å². The summed E-state index contributed by atoms with van der Waals surface area (Å²) in [5, 5.41) is 15.7. The number of fused-ring (bicyclic) bond motifs is 2. The summed E-state index contributed by atoms with van der Waals surface area (Å²) in [4.78, 5) is 20.6. The summed E-state index contributed by atoms with van der Waals surface area (Å²) >= 11 is 1.72. The van der Waals surface area contributed by atoms with Crippen LogP contribution in [0.2, 0.25) is 0 Å². The Labute approximate surface area is 218 Å². The van der Waals surface area contributed by atoms with Crippen molar-refractivity contribution in [1.82, 2.24) is 30.5 Å². The van der Waals surface area contributed by atoms with Crippen LogP contribution in [0, 0.1) is 6.92 Å². The van der Waals surface area contributed by atoms with E-state index in [9.17, 15) is 0 Å². The second-order valence-electron chi connectivity index (χ2n) is 8.91. The number of thiophene rings is 1. The van der Waals surface area contributed by atoms with Crippen molar-refractivity contribution in [2.75, 3.05) is 11.9 Å². The SMILES string of the molecule is C=NC1C=C(c2n[nH]c3cnc(-c4cncc(CNCC)c4)cc23)Nc2ccnc(-c3ccc(C)s3)c21. The predicted molar refractivity (Wildman–Crippen MR) is 151 cm³/mol.